The van der Waals surface area contributed by atoms with Crippen molar-refractivity contribution in [2.45, 2.75) is 84.8 Å². The Kier molecular flexibility index (Phi) is 12.6. The molecule has 0 saturated carbocycles. The molecule has 2 atom stereocenters. The maximum absolute atomic E-state index is 13.4. The quantitative estimate of drug-likeness (QED) is 0.299. The minimum absolute atomic E-state index is 0.0954. The van der Waals surface area contributed by atoms with Crippen molar-refractivity contribution in [2.24, 2.45) is 0 Å². The molecule has 1 aromatic carbocycles. The molecule has 0 aliphatic carbocycles. The number of carbonyl (C=O) groups is 5. The summed E-state index contributed by atoms with van der Waals surface area (Å²) < 4.78 is 14.8. The van der Waals surface area contributed by atoms with Crippen LogP contribution in [-0.4, -0.2) is 95.3 Å². The predicted octanol–water partition coefficient (Wildman–Crippen LogP) is 1.80. The lowest BCUT2D eigenvalue weighted by Gasteiger charge is -2.39. The van der Waals surface area contributed by atoms with Gasteiger partial charge in [0.25, 0.3) is 5.91 Å². The van der Waals surface area contributed by atoms with E-state index in [-0.39, 0.29) is 37.7 Å². The molecule has 224 valence electrons. The summed E-state index contributed by atoms with van der Waals surface area (Å²) in [7, 11) is 2.69. The van der Waals surface area contributed by atoms with E-state index < -0.39 is 41.6 Å². The van der Waals surface area contributed by atoms with Gasteiger partial charge in [-0.25, -0.2) is 9.59 Å². The lowest BCUT2D eigenvalue weighted by atomic mass is 10.0. The van der Waals surface area contributed by atoms with Crippen molar-refractivity contribution in [3.63, 3.8) is 0 Å². The van der Waals surface area contributed by atoms with E-state index in [4.69, 9.17) is 14.2 Å². The first kappa shape index (κ1) is 34.4. The van der Waals surface area contributed by atoms with Crippen molar-refractivity contribution in [1.29, 1.82) is 0 Å². The largest absolute Gasteiger partial charge is 0.467 e. The zero-order valence-electron chi connectivity index (χ0n) is 24.9. The molecule has 1 aromatic rings. The third kappa shape index (κ3) is 11.6. The van der Waals surface area contributed by atoms with E-state index in [1.165, 1.54) is 11.8 Å². The molecule has 2 N–H and O–H groups in total. The maximum Gasteiger partial charge on any atom is 0.408 e. The number of ether oxygens (including phenoxy) is 3. The summed E-state index contributed by atoms with van der Waals surface area (Å²) in [6.07, 6.45) is -0.698. The van der Waals surface area contributed by atoms with Crippen LogP contribution in [0.5, 0.6) is 0 Å². The van der Waals surface area contributed by atoms with Crippen molar-refractivity contribution < 1.29 is 43.3 Å². The number of likely N-dealkylation sites (N-methyl/N-ethyl adjacent to an activating group) is 1. The minimum atomic E-state index is -1.43. The van der Waals surface area contributed by atoms with Crippen LogP contribution in [0.2, 0.25) is 0 Å². The third-order valence-electron chi connectivity index (χ3n) is 5.39. The first-order valence-electron chi connectivity index (χ1n) is 12.9. The number of aliphatic hydroxyl groups is 1. The summed E-state index contributed by atoms with van der Waals surface area (Å²) in [6.45, 7) is 12.3. The van der Waals surface area contributed by atoms with Crippen LogP contribution in [0.4, 0.5) is 4.79 Å². The van der Waals surface area contributed by atoms with Gasteiger partial charge >= 0.3 is 18.0 Å². The lowest BCUT2D eigenvalue weighted by molar-refractivity contribution is -0.164. The van der Waals surface area contributed by atoms with Crippen LogP contribution in [-0.2, 0) is 46.4 Å². The molecule has 0 aromatic heterocycles. The fourth-order valence-electron chi connectivity index (χ4n) is 3.71. The van der Waals surface area contributed by atoms with E-state index in [9.17, 15) is 29.1 Å². The Morgan fingerprint density at radius 2 is 1.50 bits per heavy atom. The van der Waals surface area contributed by atoms with Crippen molar-refractivity contribution in [1.82, 2.24) is 15.1 Å². The van der Waals surface area contributed by atoms with Crippen LogP contribution in [0.15, 0.2) is 24.3 Å². The Balaban J connectivity index is 0.000000869. The highest BCUT2D eigenvalue weighted by molar-refractivity contribution is 6.06. The van der Waals surface area contributed by atoms with Crippen LogP contribution in [0.3, 0.4) is 0 Å². The highest BCUT2D eigenvalue weighted by Gasteiger charge is 2.44. The highest BCUT2D eigenvalue weighted by Crippen LogP contribution is 2.17. The number of carbonyl (C=O) groups excluding carboxylic acids is 5. The number of methoxy groups -OCH3 is 1. The maximum atomic E-state index is 13.4. The summed E-state index contributed by atoms with van der Waals surface area (Å²) in [5.74, 6) is -2.23. The van der Waals surface area contributed by atoms with Crippen molar-refractivity contribution in [3.05, 3.63) is 35.4 Å². The molecular formula is C28H43N3O9. The number of esters is 2. The van der Waals surface area contributed by atoms with E-state index in [0.717, 1.165) is 12.0 Å². The number of rotatable bonds is 6. The molecule has 3 amide bonds. The average Bonchev–Trinajstić information content (AvgIpc) is 2.82. The second-order valence-corrected chi connectivity index (χ2v) is 11.3. The van der Waals surface area contributed by atoms with Crippen LogP contribution in [0.25, 0.3) is 0 Å². The molecule has 1 fully saturated rings. The number of nitrogens with one attached hydrogen (secondary N) is 1. The zero-order valence-corrected chi connectivity index (χ0v) is 24.9. The summed E-state index contributed by atoms with van der Waals surface area (Å²) in [5, 5.41) is 11.8. The van der Waals surface area contributed by atoms with Gasteiger partial charge in [0.2, 0.25) is 11.9 Å². The third-order valence-corrected chi connectivity index (χ3v) is 5.39. The van der Waals surface area contributed by atoms with Crippen LogP contribution in [0.1, 0.15) is 59.6 Å². The van der Waals surface area contributed by atoms with Crippen molar-refractivity contribution >= 4 is 29.8 Å². The van der Waals surface area contributed by atoms with E-state index in [1.54, 1.807) is 52.1 Å². The lowest BCUT2D eigenvalue weighted by Crippen LogP contribution is -2.64. The Labute approximate surface area is 235 Å². The Hall–Kier alpha value is -3.67. The van der Waals surface area contributed by atoms with Gasteiger partial charge in [-0.3, -0.25) is 14.4 Å². The van der Waals surface area contributed by atoms with Crippen LogP contribution < -0.4 is 5.32 Å². The first-order chi connectivity index (χ1) is 18.4. The first-order valence-corrected chi connectivity index (χ1v) is 12.9. The number of hydrogen-bond donors (Lipinski definition) is 2. The van der Waals surface area contributed by atoms with Gasteiger partial charge in [0, 0.05) is 33.5 Å². The molecular weight excluding hydrogens is 522 g/mol. The molecule has 2 rings (SSSR count). The predicted molar refractivity (Wildman–Crippen MR) is 146 cm³/mol. The number of hydrogen-bond acceptors (Lipinski definition) is 9. The molecule has 12 nitrogen and oxygen atoms in total. The van der Waals surface area contributed by atoms with E-state index in [1.807, 2.05) is 20.8 Å². The standard InChI is InChI=1S/C22H31N3O7.C6H12O2/c1-22(2,3)32-21(30)23-16(12-14-6-8-15(13-26)9-7-14)18(27)25-11-10-24(4)19(28)17(25)20(29)31-5;1-5(7)8-6(2,3)4/h6-9,16-17,26H,10-13H2,1-5H3,(H,23,30);1-4H3/t16?,17-;/m0./s1. The second-order valence-electron chi connectivity index (χ2n) is 11.3. The molecule has 1 saturated heterocycles. The monoisotopic (exact) mass is 565 g/mol. The Morgan fingerprint density at radius 3 is 1.93 bits per heavy atom. The van der Waals surface area contributed by atoms with Gasteiger partial charge in [-0.05, 0) is 52.7 Å². The van der Waals surface area contributed by atoms with Crippen molar-refractivity contribution in [2.75, 3.05) is 27.2 Å². The molecule has 1 heterocycles. The average molecular weight is 566 g/mol. The number of alkyl carbamates (subject to hydrolysis) is 1. The molecule has 1 aliphatic rings. The molecule has 1 aliphatic heterocycles. The van der Waals surface area contributed by atoms with Gasteiger partial charge < -0.3 is 34.4 Å². The number of benzene rings is 1. The summed E-state index contributed by atoms with van der Waals surface area (Å²) in [5.41, 5.74) is 0.309. The van der Waals surface area contributed by atoms with E-state index in [0.29, 0.717) is 11.1 Å². The Morgan fingerprint density at radius 1 is 0.975 bits per heavy atom. The van der Waals surface area contributed by atoms with Gasteiger partial charge in [-0.15, -0.1) is 0 Å². The molecule has 0 spiro atoms. The molecule has 0 bridgehead atoms. The molecule has 1 unspecified atom stereocenters. The van der Waals surface area contributed by atoms with Crippen molar-refractivity contribution in [3.8, 4) is 0 Å². The number of amides is 3. The minimum Gasteiger partial charge on any atom is -0.467 e. The van der Waals surface area contributed by atoms with Gasteiger partial charge in [0.15, 0.2) is 0 Å². The Bertz CT molecular complexity index is 1040. The smallest absolute Gasteiger partial charge is 0.408 e. The summed E-state index contributed by atoms with van der Waals surface area (Å²) in [4.78, 5) is 63.5. The fourth-order valence-corrected chi connectivity index (χ4v) is 3.71. The van der Waals surface area contributed by atoms with E-state index in [2.05, 4.69) is 5.32 Å². The van der Waals surface area contributed by atoms with Gasteiger partial charge in [-0.1, -0.05) is 24.3 Å². The number of nitrogens with zero attached hydrogens (tertiary/aromatic N) is 2. The van der Waals surface area contributed by atoms with Gasteiger partial charge in [0.1, 0.15) is 17.2 Å². The second kappa shape index (κ2) is 14.6. The molecule has 12 heteroatoms. The topological polar surface area (TPSA) is 152 Å². The molecule has 40 heavy (non-hydrogen) atoms. The fraction of sp³-hybridized carbons (Fsp3) is 0.607. The van der Waals surface area contributed by atoms with E-state index >= 15 is 0 Å². The summed E-state index contributed by atoms with van der Waals surface area (Å²) >= 11 is 0. The normalized spacial score (nSPS) is 16.2. The highest BCUT2D eigenvalue weighted by atomic mass is 16.6. The van der Waals surface area contributed by atoms with Gasteiger partial charge in [-0.2, -0.15) is 0 Å². The zero-order chi connectivity index (χ0) is 30.8. The van der Waals surface area contributed by atoms with Crippen LogP contribution >= 0.6 is 0 Å². The van der Waals surface area contributed by atoms with Crippen LogP contribution in [0, 0.1) is 0 Å². The SMILES string of the molecule is CC(=O)OC(C)(C)C.COC(=O)[C@@H]1C(=O)N(C)CCN1C(=O)C(Cc1ccc(CO)cc1)NC(=O)OC(C)(C)C. The number of piperazine rings is 1. The summed E-state index contributed by atoms with van der Waals surface area (Å²) in [6, 6.07) is 4.37. The van der Waals surface area contributed by atoms with Gasteiger partial charge in [0.05, 0.1) is 13.7 Å². The number of aliphatic hydroxyl groups excluding tert-OH is 1. The molecule has 0 radical (unpaired) electrons.